The number of thioether (sulfide) groups is 1. The van der Waals surface area contributed by atoms with Gasteiger partial charge in [-0.15, -0.1) is 0 Å². The summed E-state index contributed by atoms with van der Waals surface area (Å²) >= 11 is 1.60. The molecule has 1 atom stereocenters. The van der Waals surface area contributed by atoms with Crippen LogP contribution in [0.25, 0.3) is 0 Å². The lowest BCUT2D eigenvalue weighted by Gasteiger charge is -2.16. The standard InChI is InChI=1S/C10H18N2O2S/c1-7(2)12-10(8(13)6-15-4)9(14-3)5-11-12/h5,7-8,13H,6H2,1-4H3. The molecule has 0 aliphatic rings. The van der Waals surface area contributed by atoms with E-state index in [9.17, 15) is 5.11 Å². The monoisotopic (exact) mass is 230 g/mol. The van der Waals surface area contributed by atoms with E-state index in [2.05, 4.69) is 5.10 Å². The molecule has 1 rings (SSSR count). The summed E-state index contributed by atoms with van der Waals surface area (Å²) in [6.45, 7) is 4.06. The van der Waals surface area contributed by atoms with Crippen molar-refractivity contribution in [3.05, 3.63) is 11.9 Å². The van der Waals surface area contributed by atoms with Crippen molar-refractivity contribution in [1.82, 2.24) is 9.78 Å². The molecule has 0 aromatic carbocycles. The highest BCUT2D eigenvalue weighted by molar-refractivity contribution is 7.98. The Bertz CT molecular complexity index is 312. The summed E-state index contributed by atoms with van der Waals surface area (Å²) in [4.78, 5) is 0. The normalized spacial score (nSPS) is 13.2. The van der Waals surface area contributed by atoms with E-state index in [0.717, 1.165) is 5.69 Å². The van der Waals surface area contributed by atoms with Crippen LogP contribution in [-0.4, -0.2) is 34.0 Å². The lowest BCUT2D eigenvalue weighted by atomic mass is 10.2. The Morgan fingerprint density at radius 3 is 2.73 bits per heavy atom. The van der Waals surface area contributed by atoms with Crippen LogP contribution in [0, 0.1) is 0 Å². The molecule has 1 unspecified atom stereocenters. The Morgan fingerprint density at radius 2 is 2.27 bits per heavy atom. The van der Waals surface area contributed by atoms with Gasteiger partial charge in [-0.05, 0) is 20.1 Å². The zero-order valence-electron chi connectivity index (χ0n) is 9.60. The first-order valence-corrected chi connectivity index (χ1v) is 6.29. The molecule has 0 aliphatic heterocycles. The molecule has 1 aromatic rings. The van der Waals surface area contributed by atoms with Crippen LogP contribution < -0.4 is 4.74 Å². The fraction of sp³-hybridized carbons (Fsp3) is 0.700. The van der Waals surface area contributed by atoms with Crippen LogP contribution in [0.15, 0.2) is 6.20 Å². The molecule has 86 valence electrons. The quantitative estimate of drug-likeness (QED) is 0.839. The molecule has 1 heterocycles. The Balaban J connectivity index is 3.04. The number of hydrogen-bond acceptors (Lipinski definition) is 4. The fourth-order valence-corrected chi connectivity index (χ4v) is 1.95. The number of aliphatic hydroxyl groups excluding tert-OH is 1. The maximum atomic E-state index is 9.99. The number of rotatable bonds is 5. The maximum Gasteiger partial charge on any atom is 0.162 e. The van der Waals surface area contributed by atoms with Crippen LogP contribution in [0.2, 0.25) is 0 Å². The molecule has 0 spiro atoms. The van der Waals surface area contributed by atoms with Gasteiger partial charge >= 0.3 is 0 Å². The van der Waals surface area contributed by atoms with Crippen molar-refractivity contribution < 1.29 is 9.84 Å². The molecular weight excluding hydrogens is 212 g/mol. The highest BCUT2D eigenvalue weighted by Crippen LogP contribution is 2.28. The summed E-state index contributed by atoms with van der Waals surface area (Å²) < 4.78 is 7.00. The zero-order valence-corrected chi connectivity index (χ0v) is 10.4. The minimum Gasteiger partial charge on any atom is -0.493 e. The predicted molar refractivity (Wildman–Crippen MR) is 62.5 cm³/mol. The first-order chi connectivity index (χ1) is 7.11. The van der Waals surface area contributed by atoms with Crippen LogP contribution in [0.4, 0.5) is 0 Å². The van der Waals surface area contributed by atoms with Crippen LogP contribution in [0.1, 0.15) is 31.7 Å². The van der Waals surface area contributed by atoms with Crippen LogP contribution in [0.5, 0.6) is 5.75 Å². The Morgan fingerprint density at radius 1 is 1.60 bits per heavy atom. The van der Waals surface area contributed by atoms with Gasteiger partial charge in [-0.3, -0.25) is 4.68 Å². The van der Waals surface area contributed by atoms with E-state index >= 15 is 0 Å². The Labute approximate surface area is 94.6 Å². The topological polar surface area (TPSA) is 47.3 Å². The van der Waals surface area contributed by atoms with Gasteiger partial charge in [-0.1, -0.05) is 0 Å². The molecule has 0 saturated heterocycles. The van der Waals surface area contributed by atoms with Crippen molar-refractivity contribution in [2.75, 3.05) is 19.1 Å². The van der Waals surface area contributed by atoms with Crippen LogP contribution in [-0.2, 0) is 0 Å². The third-order valence-electron chi connectivity index (χ3n) is 2.15. The molecule has 5 heteroatoms. The molecule has 1 N–H and O–H groups in total. The van der Waals surface area contributed by atoms with Crippen molar-refractivity contribution in [3.63, 3.8) is 0 Å². The largest absolute Gasteiger partial charge is 0.493 e. The number of hydrogen-bond donors (Lipinski definition) is 1. The Kier molecular flexibility index (Phi) is 4.47. The summed E-state index contributed by atoms with van der Waals surface area (Å²) in [5.74, 6) is 1.31. The van der Waals surface area contributed by atoms with Gasteiger partial charge in [-0.2, -0.15) is 16.9 Å². The van der Waals surface area contributed by atoms with Crippen LogP contribution >= 0.6 is 11.8 Å². The minimum atomic E-state index is -0.528. The van der Waals surface area contributed by atoms with E-state index in [4.69, 9.17) is 4.74 Å². The van der Waals surface area contributed by atoms with Crippen molar-refractivity contribution >= 4 is 11.8 Å². The lowest BCUT2D eigenvalue weighted by Crippen LogP contribution is -2.13. The van der Waals surface area contributed by atoms with Crippen molar-refractivity contribution in [2.24, 2.45) is 0 Å². The second-order valence-electron chi connectivity index (χ2n) is 3.61. The van der Waals surface area contributed by atoms with Crippen LogP contribution in [0.3, 0.4) is 0 Å². The van der Waals surface area contributed by atoms with Gasteiger partial charge in [0.05, 0.1) is 13.3 Å². The number of methoxy groups -OCH3 is 1. The molecule has 0 bridgehead atoms. The summed E-state index contributed by atoms with van der Waals surface area (Å²) in [7, 11) is 1.59. The first kappa shape index (κ1) is 12.4. The minimum absolute atomic E-state index is 0.223. The summed E-state index contributed by atoms with van der Waals surface area (Å²) in [5, 5.41) is 14.2. The van der Waals surface area contributed by atoms with E-state index in [0.29, 0.717) is 11.5 Å². The van der Waals surface area contributed by atoms with Gasteiger partial charge < -0.3 is 9.84 Å². The summed E-state index contributed by atoms with van der Waals surface area (Å²) in [6.07, 6.45) is 3.09. The van der Waals surface area contributed by atoms with E-state index in [1.807, 2.05) is 20.1 Å². The average molecular weight is 230 g/mol. The third kappa shape index (κ3) is 2.66. The smallest absolute Gasteiger partial charge is 0.162 e. The van der Waals surface area contributed by atoms with Crippen molar-refractivity contribution in [1.29, 1.82) is 0 Å². The Hall–Kier alpha value is -0.680. The predicted octanol–water partition coefficient (Wildman–Crippen LogP) is 1.87. The molecule has 4 nitrogen and oxygen atoms in total. The fourth-order valence-electron chi connectivity index (χ4n) is 1.48. The second kappa shape index (κ2) is 5.42. The van der Waals surface area contributed by atoms with E-state index < -0.39 is 6.10 Å². The van der Waals surface area contributed by atoms with E-state index in [1.165, 1.54) is 0 Å². The maximum absolute atomic E-state index is 9.99. The van der Waals surface area contributed by atoms with Gasteiger partial charge in [0.2, 0.25) is 0 Å². The average Bonchev–Trinajstić information content (AvgIpc) is 2.61. The van der Waals surface area contributed by atoms with Crippen molar-refractivity contribution in [3.8, 4) is 5.75 Å². The van der Waals surface area contributed by atoms with Gasteiger partial charge in [0.25, 0.3) is 0 Å². The number of aromatic nitrogens is 2. The summed E-state index contributed by atoms with van der Waals surface area (Å²) in [5.41, 5.74) is 0.766. The molecule has 1 aromatic heterocycles. The van der Waals surface area contributed by atoms with Gasteiger partial charge in [-0.25, -0.2) is 0 Å². The SMILES string of the molecule is COc1cnn(C(C)C)c1C(O)CSC. The highest BCUT2D eigenvalue weighted by atomic mass is 32.2. The highest BCUT2D eigenvalue weighted by Gasteiger charge is 2.20. The van der Waals surface area contributed by atoms with E-state index in [-0.39, 0.29) is 6.04 Å². The van der Waals surface area contributed by atoms with Gasteiger partial charge in [0, 0.05) is 11.8 Å². The zero-order chi connectivity index (χ0) is 11.4. The molecule has 0 fully saturated rings. The second-order valence-corrected chi connectivity index (χ2v) is 4.52. The number of ether oxygens (including phenoxy) is 1. The number of aliphatic hydroxyl groups is 1. The lowest BCUT2D eigenvalue weighted by molar-refractivity contribution is 0.184. The summed E-state index contributed by atoms with van der Waals surface area (Å²) in [6, 6.07) is 0.223. The first-order valence-electron chi connectivity index (χ1n) is 4.90. The van der Waals surface area contributed by atoms with Gasteiger partial charge in [0.15, 0.2) is 5.75 Å². The molecule has 0 radical (unpaired) electrons. The molecule has 0 amide bonds. The van der Waals surface area contributed by atoms with Gasteiger partial charge in [0.1, 0.15) is 11.8 Å². The third-order valence-corrected chi connectivity index (χ3v) is 2.80. The molecular formula is C10H18N2O2S. The molecule has 0 aliphatic carbocycles. The van der Waals surface area contributed by atoms with E-state index in [1.54, 1.807) is 29.8 Å². The molecule has 15 heavy (non-hydrogen) atoms. The molecule has 0 saturated carbocycles. The van der Waals surface area contributed by atoms with Crippen molar-refractivity contribution in [2.45, 2.75) is 26.0 Å². The number of nitrogens with zero attached hydrogens (tertiary/aromatic N) is 2.